The van der Waals surface area contributed by atoms with Crippen LogP contribution < -0.4 is 5.56 Å². The molecule has 0 atom stereocenters. The van der Waals surface area contributed by atoms with Crippen LogP contribution in [0.15, 0.2) is 16.0 Å². The third kappa shape index (κ3) is 5.91. The van der Waals surface area contributed by atoms with Crippen molar-refractivity contribution in [3.63, 3.8) is 0 Å². The number of carbonyl (C=O) groups is 1. The molecule has 1 aromatic rings. The number of carbonyl (C=O) groups excluding carboxylic acids is 1. The number of thioether (sulfide) groups is 1. The summed E-state index contributed by atoms with van der Waals surface area (Å²) >= 11 is 1.30. The number of rotatable bonds is 8. The van der Waals surface area contributed by atoms with Crippen LogP contribution in [0.5, 0.6) is 0 Å². The number of aromatic nitrogens is 2. The third-order valence-electron chi connectivity index (χ3n) is 3.00. The minimum Gasteiger partial charge on any atom is -0.342 e. The van der Waals surface area contributed by atoms with E-state index < -0.39 is 0 Å². The fourth-order valence-electron chi connectivity index (χ4n) is 1.94. The molecule has 1 rings (SSSR count). The van der Waals surface area contributed by atoms with Gasteiger partial charge in [-0.05, 0) is 18.8 Å². The fraction of sp³-hybridized carbons (Fsp3) is 0.667. The van der Waals surface area contributed by atoms with Gasteiger partial charge in [-0.25, -0.2) is 4.98 Å². The van der Waals surface area contributed by atoms with E-state index in [4.69, 9.17) is 0 Å². The number of aromatic amines is 1. The first-order valence-corrected chi connectivity index (χ1v) is 8.48. The van der Waals surface area contributed by atoms with E-state index in [0.717, 1.165) is 31.6 Å². The van der Waals surface area contributed by atoms with Crippen molar-refractivity contribution in [2.45, 2.75) is 51.6 Å². The Morgan fingerprint density at radius 2 is 1.95 bits per heavy atom. The monoisotopic (exact) mass is 311 g/mol. The minimum atomic E-state index is -0.164. The molecule has 118 valence electrons. The quantitative estimate of drug-likeness (QED) is 0.592. The number of hydrogen-bond donors (Lipinski definition) is 1. The van der Waals surface area contributed by atoms with Crippen LogP contribution >= 0.6 is 11.8 Å². The summed E-state index contributed by atoms with van der Waals surface area (Å²) in [5.74, 6) is 0.602. The zero-order chi connectivity index (χ0) is 15.8. The normalized spacial score (nSPS) is 10.9. The maximum absolute atomic E-state index is 12.2. The van der Waals surface area contributed by atoms with Crippen LogP contribution in [0.25, 0.3) is 0 Å². The predicted molar refractivity (Wildman–Crippen MR) is 86.8 cm³/mol. The second-order valence-electron chi connectivity index (χ2n) is 5.30. The molecular weight excluding hydrogens is 286 g/mol. The Hall–Kier alpha value is -1.30. The van der Waals surface area contributed by atoms with E-state index in [2.05, 4.69) is 23.8 Å². The van der Waals surface area contributed by atoms with Crippen LogP contribution in [-0.2, 0) is 4.79 Å². The van der Waals surface area contributed by atoms with Crippen molar-refractivity contribution in [3.05, 3.63) is 22.1 Å². The van der Waals surface area contributed by atoms with Gasteiger partial charge in [-0.1, -0.05) is 39.5 Å². The molecule has 1 heterocycles. The summed E-state index contributed by atoms with van der Waals surface area (Å²) in [6.07, 6.45) is 1.91. The molecule has 0 aliphatic rings. The van der Waals surface area contributed by atoms with E-state index in [0.29, 0.717) is 10.9 Å². The van der Waals surface area contributed by atoms with Gasteiger partial charge >= 0.3 is 0 Å². The highest BCUT2D eigenvalue weighted by molar-refractivity contribution is 7.99. The van der Waals surface area contributed by atoms with Crippen molar-refractivity contribution in [3.8, 4) is 0 Å². The maximum Gasteiger partial charge on any atom is 0.251 e. The van der Waals surface area contributed by atoms with E-state index in [1.165, 1.54) is 17.8 Å². The van der Waals surface area contributed by atoms with Crippen molar-refractivity contribution < 1.29 is 4.79 Å². The van der Waals surface area contributed by atoms with Gasteiger partial charge in [-0.15, -0.1) is 0 Å². The largest absolute Gasteiger partial charge is 0.342 e. The average Bonchev–Trinajstić information content (AvgIpc) is 2.44. The molecule has 6 heteroatoms. The molecule has 0 spiro atoms. The summed E-state index contributed by atoms with van der Waals surface area (Å²) in [6.45, 7) is 9.67. The Kier molecular flexibility index (Phi) is 7.50. The molecule has 0 bridgehead atoms. The minimum absolute atomic E-state index is 0.0984. The van der Waals surface area contributed by atoms with Crippen molar-refractivity contribution in [1.82, 2.24) is 14.9 Å². The molecule has 1 aromatic heterocycles. The van der Waals surface area contributed by atoms with Crippen molar-refractivity contribution >= 4 is 17.7 Å². The van der Waals surface area contributed by atoms with Gasteiger partial charge in [0, 0.05) is 19.2 Å². The van der Waals surface area contributed by atoms with Crippen LogP contribution in [0.2, 0.25) is 0 Å². The summed E-state index contributed by atoms with van der Waals surface area (Å²) in [6, 6.07) is 1.51. The van der Waals surface area contributed by atoms with E-state index in [1.54, 1.807) is 0 Å². The van der Waals surface area contributed by atoms with Crippen molar-refractivity contribution in [1.29, 1.82) is 0 Å². The first-order valence-electron chi connectivity index (χ1n) is 7.49. The lowest BCUT2D eigenvalue weighted by molar-refractivity contribution is -0.128. The lowest BCUT2D eigenvalue weighted by Crippen LogP contribution is -2.33. The van der Waals surface area contributed by atoms with E-state index in [9.17, 15) is 9.59 Å². The summed E-state index contributed by atoms with van der Waals surface area (Å²) in [4.78, 5) is 32.7. The average molecular weight is 311 g/mol. The van der Waals surface area contributed by atoms with Gasteiger partial charge in [-0.3, -0.25) is 9.59 Å². The first-order chi connectivity index (χ1) is 9.97. The lowest BCUT2D eigenvalue weighted by Gasteiger charge is -2.21. The van der Waals surface area contributed by atoms with Gasteiger partial charge in [0.1, 0.15) is 0 Å². The molecule has 0 aliphatic carbocycles. The van der Waals surface area contributed by atoms with Crippen LogP contribution in [0.3, 0.4) is 0 Å². The maximum atomic E-state index is 12.2. The zero-order valence-electron chi connectivity index (χ0n) is 13.3. The highest BCUT2D eigenvalue weighted by Gasteiger charge is 2.13. The van der Waals surface area contributed by atoms with Crippen molar-refractivity contribution in [2.24, 2.45) is 0 Å². The summed E-state index contributed by atoms with van der Waals surface area (Å²) in [5, 5.41) is 0.521. The lowest BCUT2D eigenvalue weighted by atomic mass is 10.1. The Balaban J connectivity index is 2.69. The van der Waals surface area contributed by atoms with Gasteiger partial charge in [0.15, 0.2) is 5.16 Å². The van der Waals surface area contributed by atoms with Crippen LogP contribution in [0.1, 0.15) is 52.1 Å². The predicted octanol–water partition coefficient (Wildman–Crippen LogP) is 2.63. The molecule has 1 N–H and O–H groups in total. The summed E-state index contributed by atoms with van der Waals surface area (Å²) in [7, 11) is 0. The SMILES string of the molecule is CCCN(CCC)C(=O)CSc1nc(C(C)C)cc(=O)[nH]1. The number of nitrogens with one attached hydrogen (secondary N) is 1. The number of H-pyrrole nitrogens is 1. The Bertz CT molecular complexity index is 508. The zero-order valence-corrected chi connectivity index (χ0v) is 14.1. The third-order valence-corrected chi connectivity index (χ3v) is 3.86. The second kappa shape index (κ2) is 8.87. The molecule has 0 saturated heterocycles. The van der Waals surface area contributed by atoms with Crippen LogP contribution in [0, 0.1) is 0 Å². The molecule has 5 nitrogen and oxygen atoms in total. The van der Waals surface area contributed by atoms with Gasteiger partial charge in [-0.2, -0.15) is 0 Å². The fourth-order valence-corrected chi connectivity index (χ4v) is 2.73. The molecule has 0 unspecified atom stereocenters. The van der Waals surface area contributed by atoms with E-state index in [1.807, 2.05) is 18.7 Å². The number of hydrogen-bond acceptors (Lipinski definition) is 4. The van der Waals surface area contributed by atoms with Gasteiger partial charge in [0.2, 0.25) is 5.91 Å². The van der Waals surface area contributed by atoms with E-state index >= 15 is 0 Å². The van der Waals surface area contributed by atoms with Gasteiger partial charge in [0.25, 0.3) is 5.56 Å². The molecule has 0 aliphatic heterocycles. The summed E-state index contributed by atoms with van der Waals surface area (Å²) in [5.41, 5.74) is 0.593. The molecule has 0 fully saturated rings. The summed E-state index contributed by atoms with van der Waals surface area (Å²) < 4.78 is 0. The molecule has 0 saturated carbocycles. The first kappa shape index (κ1) is 17.8. The van der Waals surface area contributed by atoms with Gasteiger partial charge < -0.3 is 9.88 Å². The standard InChI is InChI=1S/C15H25N3O2S/c1-5-7-18(8-6-2)14(20)10-21-15-16-12(11(3)4)9-13(19)17-15/h9,11H,5-8,10H2,1-4H3,(H,16,17,19). The molecule has 1 amide bonds. The Morgan fingerprint density at radius 1 is 1.33 bits per heavy atom. The van der Waals surface area contributed by atoms with Crippen LogP contribution in [-0.4, -0.2) is 39.6 Å². The smallest absolute Gasteiger partial charge is 0.251 e. The Morgan fingerprint density at radius 3 is 2.48 bits per heavy atom. The van der Waals surface area contributed by atoms with Crippen molar-refractivity contribution in [2.75, 3.05) is 18.8 Å². The topological polar surface area (TPSA) is 66.1 Å². The number of amides is 1. The van der Waals surface area contributed by atoms with E-state index in [-0.39, 0.29) is 17.4 Å². The molecule has 0 radical (unpaired) electrons. The Labute approximate surface area is 130 Å². The van der Waals surface area contributed by atoms with Crippen LogP contribution in [0.4, 0.5) is 0 Å². The highest BCUT2D eigenvalue weighted by atomic mass is 32.2. The van der Waals surface area contributed by atoms with Gasteiger partial charge in [0.05, 0.1) is 11.4 Å². The molecular formula is C15H25N3O2S. The second-order valence-corrected chi connectivity index (χ2v) is 6.26. The molecule has 21 heavy (non-hydrogen) atoms. The molecule has 0 aromatic carbocycles. The highest BCUT2D eigenvalue weighted by Crippen LogP contribution is 2.16. The number of nitrogens with zero attached hydrogens (tertiary/aromatic N) is 2.